The summed E-state index contributed by atoms with van der Waals surface area (Å²) in [5, 5.41) is 18.9. The van der Waals surface area contributed by atoms with E-state index in [-0.39, 0.29) is 16.5 Å². The maximum Gasteiger partial charge on any atom is 0.301 e. The average molecular weight is 414 g/mol. The first kappa shape index (κ1) is 18.3. The third-order valence-corrected chi connectivity index (χ3v) is 5.92. The van der Waals surface area contributed by atoms with Gasteiger partial charge >= 0.3 is 5.91 Å². The fourth-order valence-corrected chi connectivity index (χ4v) is 4.36. The van der Waals surface area contributed by atoms with E-state index in [2.05, 4.69) is 15.2 Å². The molecule has 1 N–H and O–H groups in total. The number of Topliss-reactive ketones (excluding diaryl/α,β-unsaturated/α-hetero) is 1. The zero-order valence-corrected chi connectivity index (χ0v) is 16.5. The lowest BCUT2D eigenvalue weighted by Crippen LogP contribution is -2.29. The maximum absolute atomic E-state index is 12.9. The van der Waals surface area contributed by atoms with Crippen molar-refractivity contribution >= 4 is 45.3 Å². The fraction of sp³-hybridized carbons (Fsp3) is 0.167. The number of nitrogens with zero attached hydrogens (tertiary/aromatic N) is 4. The molecule has 0 bridgehead atoms. The number of rotatable bonds is 4. The van der Waals surface area contributed by atoms with E-state index < -0.39 is 17.7 Å². The highest BCUT2D eigenvalue weighted by molar-refractivity contribution is 7.13. The summed E-state index contributed by atoms with van der Waals surface area (Å²) in [6.07, 6.45) is 1.57. The molecule has 1 unspecified atom stereocenters. The number of ether oxygens (including phenoxy) is 1. The van der Waals surface area contributed by atoms with Crippen molar-refractivity contribution in [3.63, 3.8) is 0 Å². The molecule has 142 valence electrons. The number of thiazole rings is 1. The summed E-state index contributed by atoms with van der Waals surface area (Å²) >= 11 is 2.42. The second-order valence-electron chi connectivity index (χ2n) is 5.98. The third kappa shape index (κ3) is 2.86. The van der Waals surface area contributed by atoms with Crippen LogP contribution in [-0.2, 0) is 9.59 Å². The van der Waals surface area contributed by atoms with E-state index in [1.54, 1.807) is 29.9 Å². The van der Waals surface area contributed by atoms with E-state index in [1.807, 2.05) is 6.92 Å². The summed E-state index contributed by atoms with van der Waals surface area (Å²) < 4.78 is 5.30. The Labute approximate surface area is 167 Å². The van der Waals surface area contributed by atoms with Gasteiger partial charge in [-0.3, -0.25) is 19.5 Å². The highest BCUT2D eigenvalue weighted by Gasteiger charge is 2.48. The van der Waals surface area contributed by atoms with Gasteiger partial charge in [-0.1, -0.05) is 23.5 Å². The predicted molar refractivity (Wildman–Crippen MR) is 105 cm³/mol. The van der Waals surface area contributed by atoms with Crippen LogP contribution < -0.4 is 9.64 Å². The Balaban J connectivity index is 1.92. The van der Waals surface area contributed by atoms with Crippen molar-refractivity contribution in [1.29, 1.82) is 0 Å². The minimum atomic E-state index is -0.826. The number of aliphatic hydroxyl groups is 1. The van der Waals surface area contributed by atoms with Crippen LogP contribution in [0.4, 0.5) is 5.13 Å². The zero-order valence-electron chi connectivity index (χ0n) is 14.8. The summed E-state index contributed by atoms with van der Waals surface area (Å²) in [6, 6.07) is 4.26. The molecule has 3 heterocycles. The molecule has 0 radical (unpaired) electrons. The van der Waals surface area contributed by atoms with Crippen LogP contribution in [0.1, 0.15) is 22.0 Å². The Hall–Kier alpha value is -3.11. The van der Waals surface area contributed by atoms with E-state index in [1.165, 1.54) is 28.9 Å². The second-order valence-corrected chi connectivity index (χ2v) is 7.71. The number of aliphatic hydroxyl groups excluding tert-OH is 1. The molecule has 4 rings (SSSR count). The van der Waals surface area contributed by atoms with Gasteiger partial charge in [0.25, 0.3) is 5.78 Å². The first-order chi connectivity index (χ1) is 13.5. The smallest absolute Gasteiger partial charge is 0.301 e. The van der Waals surface area contributed by atoms with Gasteiger partial charge in [0.05, 0.1) is 23.1 Å². The SMILES string of the molecule is COc1cc(/C(O)=C2\C(=O)C(=O)N(c3nncs3)C2c2cncs2)ccc1C. The maximum atomic E-state index is 12.9. The monoisotopic (exact) mass is 414 g/mol. The van der Waals surface area contributed by atoms with Crippen LogP contribution in [0.25, 0.3) is 5.76 Å². The van der Waals surface area contributed by atoms with Gasteiger partial charge in [-0.05, 0) is 18.6 Å². The van der Waals surface area contributed by atoms with Gasteiger partial charge in [-0.2, -0.15) is 0 Å². The van der Waals surface area contributed by atoms with Crippen molar-refractivity contribution in [2.24, 2.45) is 0 Å². The van der Waals surface area contributed by atoms with Gasteiger partial charge in [-0.15, -0.1) is 21.5 Å². The number of methoxy groups -OCH3 is 1. The number of hydrogen-bond donors (Lipinski definition) is 1. The molecule has 10 heteroatoms. The predicted octanol–water partition coefficient (Wildman–Crippen LogP) is 2.94. The van der Waals surface area contributed by atoms with Gasteiger partial charge in [0, 0.05) is 11.8 Å². The Morgan fingerprint density at radius 1 is 1.25 bits per heavy atom. The van der Waals surface area contributed by atoms with Gasteiger partial charge in [0.1, 0.15) is 23.1 Å². The molecule has 8 nitrogen and oxygen atoms in total. The number of ketones is 1. The molecule has 2 aromatic heterocycles. The molecule has 1 aliphatic rings. The summed E-state index contributed by atoms with van der Waals surface area (Å²) in [5.41, 5.74) is 4.32. The molecule has 0 saturated carbocycles. The first-order valence-corrected chi connectivity index (χ1v) is 9.89. The molecular formula is C18H14N4O4S2. The fourth-order valence-electron chi connectivity index (χ4n) is 3.05. The van der Waals surface area contributed by atoms with Crippen LogP contribution in [0, 0.1) is 6.92 Å². The van der Waals surface area contributed by atoms with Crippen molar-refractivity contribution in [3.8, 4) is 5.75 Å². The lowest BCUT2D eigenvalue weighted by Gasteiger charge is -2.20. The van der Waals surface area contributed by atoms with E-state index >= 15 is 0 Å². The summed E-state index contributed by atoms with van der Waals surface area (Å²) in [4.78, 5) is 31.6. The first-order valence-electron chi connectivity index (χ1n) is 8.13. The standard InChI is InChI=1S/C18H14N4O4S2/c1-9-3-4-10(5-11(9)26-2)15(23)13-14(12-6-19-7-27-12)22(17(25)16(13)24)18-21-20-8-28-18/h3-8,14,23H,1-2H3/b15-13+. The highest BCUT2D eigenvalue weighted by Crippen LogP contribution is 2.43. The minimum Gasteiger partial charge on any atom is -0.507 e. The van der Waals surface area contributed by atoms with Crippen LogP contribution in [0.3, 0.4) is 0 Å². The second kappa shape index (κ2) is 7.13. The Kier molecular flexibility index (Phi) is 4.65. The molecule has 1 aliphatic heterocycles. The Bertz CT molecular complexity index is 1080. The molecule has 1 saturated heterocycles. The number of amides is 1. The van der Waals surface area contributed by atoms with E-state index in [0.717, 1.165) is 16.9 Å². The van der Waals surface area contributed by atoms with Crippen LogP contribution in [-0.4, -0.2) is 39.1 Å². The average Bonchev–Trinajstić information content (AvgIpc) is 3.44. The Morgan fingerprint density at radius 2 is 2.07 bits per heavy atom. The number of anilines is 1. The summed E-state index contributed by atoms with van der Waals surface area (Å²) in [5.74, 6) is -1.26. The summed E-state index contributed by atoms with van der Waals surface area (Å²) in [6.45, 7) is 1.87. The molecule has 1 fully saturated rings. The third-order valence-electron chi connectivity index (χ3n) is 4.40. The van der Waals surface area contributed by atoms with E-state index in [0.29, 0.717) is 16.2 Å². The number of aromatic nitrogens is 3. The van der Waals surface area contributed by atoms with Gasteiger partial charge in [0.2, 0.25) is 5.13 Å². The number of carbonyl (C=O) groups is 2. The number of hydrogen-bond acceptors (Lipinski definition) is 9. The van der Waals surface area contributed by atoms with Gasteiger partial charge in [0.15, 0.2) is 0 Å². The van der Waals surface area contributed by atoms with Crippen molar-refractivity contribution in [2.75, 3.05) is 12.0 Å². The van der Waals surface area contributed by atoms with Crippen LogP contribution in [0.5, 0.6) is 5.75 Å². The number of carbonyl (C=O) groups excluding carboxylic acids is 2. The molecular weight excluding hydrogens is 400 g/mol. The van der Waals surface area contributed by atoms with Crippen LogP contribution in [0.2, 0.25) is 0 Å². The van der Waals surface area contributed by atoms with Crippen molar-refractivity contribution in [1.82, 2.24) is 15.2 Å². The number of aryl methyl sites for hydroxylation is 1. The molecule has 0 aliphatic carbocycles. The molecule has 28 heavy (non-hydrogen) atoms. The van der Waals surface area contributed by atoms with Crippen LogP contribution in [0.15, 0.2) is 41.0 Å². The molecule has 1 amide bonds. The lowest BCUT2D eigenvalue weighted by molar-refractivity contribution is -0.132. The molecule has 0 spiro atoms. The van der Waals surface area contributed by atoms with E-state index in [4.69, 9.17) is 4.74 Å². The topological polar surface area (TPSA) is 106 Å². The van der Waals surface area contributed by atoms with Crippen molar-refractivity contribution < 1.29 is 19.4 Å². The normalized spacial score (nSPS) is 18.6. The van der Waals surface area contributed by atoms with Gasteiger partial charge in [-0.25, -0.2) is 0 Å². The minimum absolute atomic E-state index is 0.0182. The summed E-state index contributed by atoms with van der Waals surface area (Å²) in [7, 11) is 1.53. The largest absolute Gasteiger partial charge is 0.507 e. The van der Waals surface area contributed by atoms with E-state index in [9.17, 15) is 14.7 Å². The quantitative estimate of drug-likeness (QED) is 0.397. The van der Waals surface area contributed by atoms with Crippen LogP contribution >= 0.6 is 22.7 Å². The molecule has 1 aromatic carbocycles. The Morgan fingerprint density at radius 3 is 2.71 bits per heavy atom. The van der Waals surface area contributed by atoms with Crippen molar-refractivity contribution in [3.05, 3.63) is 57.0 Å². The van der Waals surface area contributed by atoms with Crippen molar-refractivity contribution in [2.45, 2.75) is 13.0 Å². The molecule has 1 atom stereocenters. The molecule has 3 aromatic rings. The lowest BCUT2D eigenvalue weighted by atomic mass is 9.99. The van der Waals surface area contributed by atoms with Gasteiger partial charge < -0.3 is 9.84 Å². The number of benzene rings is 1. The highest BCUT2D eigenvalue weighted by atomic mass is 32.1. The zero-order chi connectivity index (χ0) is 19.8.